The normalized spacial score (nSPS) is 10.1. The summed E-state index contributed by atoms with van der Waals surface area (Å²) in [5, 5.41) is 3.60. The zero-order valence-electron chi connectivity index (χ0n) is 12.5. The fourth-order valence-corrected chi connectivity index (χ4v) is 1.71. The average Bonchev–Trinajstić information content (AvgIpc) is 3.03. The van der Waals surface area contributed by atoms with E-state index in [1.165, 1.54) is 6.07 Å². The Balaban J connectivity index is 1.89. The average molecular weight is 317 g/mol. The number of benzene rings is 1. The van der Waals surface area contributed by atoms with Crippen molar-refractivity contribution in [3.63, 3.8) is 0 Å². The van der Waals surface area contributed by atoms with Crippen LogP contribution < -0.4 is 4.74 Å². The van der Waals surface area contributed by atoms with E-state index in [-0.39, 0.29) is 24.9 Å². The minimum atomic E-state index is -1.04. The molecule has 0 bridgehead atoms. The molecule has 1 heterocycles. The summed E-state index contributed by atoms with van der Waals surface area (Å²) in [6.45, 7) is 1.90. The molecule has 2 aromatic rings. The van der Waals surface area contributed by atoms with Crippen molar-refractivity contribution in [2.24, 2.45) is 0 Å². The molecule has 0 saturated carbocycles. The van der Waals surface area contributed by atoms with Crippen LogP contribution in [0.4, 0.5) is 0 Å². The van der Waals surface area contributed by atoms with Gasteiger partial charge in [-0.05, 0) is 17.6 Å². The zero-order valence-corrected chi connectivity index (χ0v) is 12.5. The predicted octanol–water partition coefficient (Wildman–Crippen LogP) is 1.96. The van der Waals surface area contributed by atoms with Gasteiger partial charge in [-0.1, -0.05) is 30.3 Å². The summed E-state index contributed by atoms with van der Waals surface area (Å²) in [6.07, 6.45) is -0.633. The zero-order chi connectivity index (χ0) is 16.7. The lowest BCUT2D eigenvalue weighted by atomic mass is 10.1. The number of hydrogen-bond acceptors (Lipinski definition) is 7. The van der Waals surface area contributed by atoms with Crippen molar-refractivity contribution in [1.29, 1.82) is 0 Å². The number of nitrogens with zero attached hydrogens (tertiary/aromatic N) is 1. The van der Waals surface area contributed by atoms with Gasteiger partial charge < -0.3 is 14.0 Å². The molecular formula is C16H15NO6. The van der Waals surface area contributed by atoms with Gasteiger partial charge in [0.1, 0.15) is 6.61 Å². The molecule has 0 amide bonds. The number of ether oxygens (including phenoxy) is 2. The number of carbonyl (C=O) groups is 3. The number of hydrogen-bond donors (Lipinski definition) is 0. The summed E-state index contributed by atoms with van der Waals surface area (Å²) < 4.78 is 14.7. The van der Waals surface area contributed by atoms with Crippen molar-refractivity contribution < 1.29 is 28.4 Å². The van der Waals surface area contributed by atoms with Gasteiger partial charge in [0.05, 0.1) is 19.1 Å². The summed E-state index contributed by atoms with van der Waals surface area (Å²) in [6, 6.07) is 10.7. The van der Waals surface area contributed by atoms with Crippen LogP contribution in [0.1, 0.15) is 29.5 Å². The Morgan fingerprint density at radius 1 is 1.17 bits per heavy atom. The molecule has 120 valence electrons. The van der Waals surface area contributed by atoms with Crippen LogP contribution in [0.3, 0.4) is 0 Å². The predicted molar refractivity (Wildman–Crippen MR) is 77.9 cm³/mol. The minimum absolute atomic E-state index is 0.0680. The maximum absolute atomic E-state index is 11.8. The lowest BCUT2D eigenvalue weighted by Gasteiger charge is -2.00. The van der Waals surface area contributed by atoms with Gasteiger partial charge in [-0.2, -0.15) is 0 Å². The number of carbonyl (C=O) groups excluding carboxylic acids is 3. The van der Waals surface area contributed by atoms with E-state index in [1.54, 1.807) is 6.92 Å². The second-order valence-electron chi connectivity index (χ2n) is 4.55. The Hall–Kier alpha value is -2.96. The van der Waals surface area contributed by atoms with Crippen LogP contribution in [0, 0.1) is 0 Å². The minimum Gasteiger partial charge on any atom is -0.471 e. The van der Waals surface area contributed by atoms with E-state index in [2.05, 4.69) is 9.89 Å². The van der Waals surface area contributed by atoms with Crippen LogP contribution in [0.15, 0.2) is 40.9 Å². The summed E-state index contributed by atoms with van der Waals surface area (Å²) in [5.74, 6) is -2.66. The molecule has 0 aliphatic carbocycles. The molecule has 7 heteroatoms. The Morgan fingerprint density at radius 2 is 1.91 bits per heavy atom. The number of Topliss-reactive ketones (excluding diaryl/α,β-unsaturated/α-hetero) is 2. The molecule has 0 saturated heterocycles. The van der Waals surface area contributed by atoms with Crippen LogP contribution in [-0.4, -0.2) is 29.3 Å². The fraction of sp³-hybridized carbons (Fsp3) is 0.250. The van der Waals surface area contributed by atoms with Gasteiger partial charge in [0, 0.05) is 0 Å². The molecule has 0 fully saturated rings. The summed E-state index contributed by atoms with van der Waals surface area (Å²) in [5.41, 5.74) is 0.931. The third-order valence-electron chi connectivity index (χ3n) is 2.82. The highest BCUT2D eigenvalue weighted by Crippen LogP contribution is 2.15. The highest BCUT2D eigenvalue weighted by Gasteiger charge is 2.23. The summed E-state index contributed by atoms with van der Waals surface area (Å²) in [4.78, 5) is 34.5. The van der Waals surface area contributed by atoms with E-state index in [0.29, 0.717) is 0 Å². The molecule has 0 radical (unpaired) electrons. The maximum atomic E-state index is 11.8. The molecule has 23 heavy (non-hydrogen) atoms. The van der Waals surface area contributed by atoms with E-state index >= 15 is 0 Å². The third kappa shape index (κ3) is 4.77. The number of rotatable bonds is 8. The first-order valence-corrected chi connectivity index (χ1v) is 6.96. The Kier molecular flexibility index (Phi) is 5.62. The number of aromatic nitrogens is 1. The molecule has 1 aromatic heterocycles. The molecule has 0 aliphatic rings. The standard InChI is InChI=1S/C16H15NO6/c1-2-21-16(20)13(19)8-12(18)14-9-15(17-23-14)22-10-11-6-4-3-5-7-11/h3-7,9H,2,8,10H2,1H3. The fourth-order valence-electron chi connectivity index (χ4n) is 1.71. The highest BCUT2D eigenvalue weighted by atomic mass is 16.5. The van der Waals surface area contributed by atoms with Gasteiger partial charge in [0.15, 0.2) is 0 Å². The summed E-state index contributed by atoms with van der Waals surface area (Å²) >= 11 is 0. The van der Waals surface area contributed by atoms with E-state index < -0.39 is 24.0 Å². The monoisotopic (exact) mass is 317 g/mol. The lowest BCUT2D eigenvalue weighted by molar-refractivity contribution is -0.153. The largest absolute Gasteiger partial charge is 0.471 e. The van der Waals surface area contributed by atoms with Crippen molar-refractivity contribution in [3.05, 3.63) is 47.7 Å². The summed E-state index contributed by atoms with van der Waals surface area (Å²) in [7, 11) is 0. The second kappa shape index (κ2) is 7.88. The van der Waals surface area contributed by atoms with Crippen molar-refractivity contribution in [2.75, 3.05) is 6.61 Å². The quantitative estimate of drug-likeness (QED) is 0.318. The van der Waals surface area contributed by atoms with Crippen molar-refractivity contribution in [2.45, 2.75) is 20.0 Å². The van der Waals surface area contributed by atoms with E-state index in [1.807, 2.05) is 30.3 Å². The first-order valence-electron chi connectivity index (χ1n) is 6.96. The molecule has 0 unspecified atom stereocenters. The molecule has 0 N–H and O–H groups in total. The third-order valence-corrected chi connectivity index (χ3v) is 2.82. The molecular weight excluding hydrogens is 302 g/mol. The van der Waals surface area contributed by atoms with Crippen molar-refractivity contribution >= 4 is 17.5 Å². The maximum Gasteiger partial charge on any atom is 0.375 e. The van der Waals surface area contributed by atoms with Crippen LogP contribution in [-0.2, 0) is 20.9 Å². The molecule has 0 aliphatic heterocycles. The highest BCUT2D eigenvalue weighted by molar-refractivity contribution is 6.37. The first-order chi connectivity index (χ1) is 11.1. The molecule has 0 spiro atoms. The van der Waals surface area contributed by atoms with Crippen LogP contribution in [0.5, 0.6) is 5.88 Å². The molecule has 0 atom stereocenters. The lowest BCUT2D eigenvalue weighted by Crippen LogP contribution is -2.20. The Labute approximate surface area is 132 Å². The van der Waals surface area contributed by atoms with Crippen LogP contribution in [0.2, 0.25) is 0 Å². The van der Waals surface area contributed by atoms with Gasteiger partial charge in [-0.25, -0.2) is 4.79 Å². The first kappa shape index (κ1) is 16.4. The SMILES string of the molecule is CCOC(=O)C(=O)CC(=O)c1cc(OCc2ccccc2)no1. The van der Waals surface area contributed by atoms with Crippen molar-refractivity contribution in [3.8, 4) is 5.88 Å². The van der Waals surface area contributed by atoms with E-state index in [0.717, 1.165) is 5.56 Å². The van der Waals surface area contributed by atoms with Gasteiger partial charge in [0.25, 0.3) is 5.88 Å². The smallest absolute Gasteiger partial charge is 0.375 e. The second-order valence-corrected chi connectivity index (χ2v) is 4.55. The molecule has 1 aromatic carbocycles. The van der Waals surface area contributed by atoms with Crippen LogP contribution >= 0.6 is 0 Å². The van der Waals surface area contributed by atoms with E-state index in [9.17, 15) is 14.4 Å². The van der Waals surface area contributed by atoms with Crippen LogP contribution in [0.25, 0.3) is 0 Å². The van der Waals surface area contributed by atoms with E-state index in [4.69, 9.17) is 9.26 Å². The Morgan fingerprint density at radius 3 is 2.61 bits per heavy atom. The molecule has 7 nitrogen and oxygen atoms in total. The van der Waals surface area contributed by atoms with Gasteiger partial charge in [-0.15, -0.1) is 0 Å². The topological polar surface area (TPSA) is 95.7 Å². The Bertz CT molecular complexity index is 692. The molecule has 2 rings (SSSR count). The van der Waals surface area contributed by atoms with Gasteiger partial charge in [0.2, 0.25) is 17.3 Å². The number of ketones is 2. The van der Waals surface area contributed by atoms with Gasteiger partial charge in [-0.3, -0.25) is 9.59 Å². The van der Waals surface area contributed by atoms with Crippen molar-refractivity contribution in [1.82, 2.24) is 5.16 Å². The van der Waals surface area contributed by atoms with Gasteiger partial charge >= 0.3 is 5.97 Å². The number of esters is 1.